The molecule has 0 aliphatic rings. The summed E-state index contributed by atoms with van der Waals surface area (Å²) >= 11 is 0. The number of sulfonamides is 1. The summed E-state index contributed by atoms with van der Waals surface area (Å²) in [6.45, 7) is 4.91. The molecule has 0 aromatic heterocycles. The van der Waals surface area contributed by atoms with Gasteiger partial charge in [0.15, 0.2) is 0 Å². The van der Waals surface area contributed by atoms with E-state index < -0.39 is 16.0 Å². The van der Waals surface area contributed by atoms with Crippen LogP contribution in [0.25, 0.3) is 0 Å². The predicted molar refractivity (Wildman–Crippen MR) is 76.8 cm³/mol. The molecule has 0 aliphatic carbocycles. The molecule has 6 nitrogen and oxygen atoms in total. The largest absolute Gasteiger partial charge is 0.465 e. The lowest BCUT2D eigenvalue weighted by Gasteiger charge is -2.19. The van der Waals surface area contributed by atoms with Gasteiger partial charge in [-0.3, -0.25) is 4.79 Å². The first-order valence-corrected chi connectivity index (χ1v) is 7.62. The SMILES string of the molecule is CCOC(=O)CN(C)S(=O)(=O)c1c(C)cc(N)cc1C. The molecule has 7 heteroatoms. The summed E-state index contributed by atoms with van der Waals surface area (Å²) in [6.07, 6.45) is 0. The van der Waals surface area contributed by atoms with Crippen LogP contribution in [-0.2, 0) is 19.6 Å². The minimum atomic E-state index is -3.75. The van der Waals surface area contributed by atoms with Crippen LogP contribution in [0.1, 0.15) is 18.1 Å². The van der Waals surface area contributed by atoms with Crippen LogP contribution in [0.2, 0.25) is 0 Å². The molecule has 1 rings (SSSR count). The first-order valence-electron chi connectivity index (χ1n) is 6.18. The average Bonchev–Trinajstić information content (AvgIpc) is 2.26. The van der Waals surface area contributed by atoms with E-state index in [1.807, 2.05) is 0 Å². The second-order valence-corrected chi connectivity index (χ2v) is 6.53. The molecule has 2 N–H and O–H groups in total. The second-order valence-electron chi connectivity index (χ2n) is 4.55. The Morgan fingerprint density at radius 1 is 1.30 bits per heavy atom. The highest BCUT2D eigenvalue weighted by atomic mass is 32.2. The fourth-order valence-corrected chi connectivity index (χ4v) is 3.54. The van der Waals surface area contributed by atoms with E-state index in [9.17, 15) is 13.2 Å². The Balaban J connectivity index is 3.14. The van der Waals surface area contributed by atoms with Gasteiger partial charge in [-0.05, 0) is 44.0 Å². The van der Waals surface area contributed by atoms with Crippen LogP contribution in [-0.4, -0.2) is 38.9 Å². The molecular weight excluding hydrogens is 280 g/mol. The molecule has 0 heterocycles. The van der Waals surface area contributed by atoms with E-state index in [0.717, 1.165) is 4.31 Å². The number of rotatable bonds is 5. The maximum atomic E-state index is 12.5. The fraction of sp³-hybridized carbons (Fsp3) is 0.462. The lowest BCUT2D eigenvalue weighted by Crippen LogP contribution is -2.34. The van der Waals surface area contributed by atoms with Gasteiger partial charge >= 0.3 is 5.97 Å². The summed E-state index contributed by atoms with van der Waals surface area (Å²) in [7, 11) is -2.40. The van der Waals surface area contributed by atoms with Crippen molar-refractivity contribution < 1.29 is 17.9 Å². The number of hydrogen-bond acceptors (Lipinski definition) is 5. The summed E-state index contributed by atoms with van der Waals surface area (Å²) in [6, 6.07) is 3.19. The zero-order valence-corrected chi connectivity index (χ0v) is 13.0. The Morgan fingerprint density at radius 2 is 1.80 bits per heavy atom. The highest BCUT2D eigenvalue weighted by Gasteiger charge is 2.27. The number of nitrogen functional groups attached to an aromatic ring is 1. The Kier molecular flexibility index (Phi) is 5.13. The average molecular weight is 300 g/mol. The first kappa shape index (κ1) is 16.5. The number of ether oxygens (including phenoxy) is 1. The zero-order chi connectivity index (χ0) is 15.5. The topological polar surface area (TPSA) is 89.7 Å². The van der Waals surface area contributed by atoms with E-state index in [2.05, 4.69) is 0 Å². The summed E-state index contributed by atoms with van der Waals surface area (Å²) in [5.74, 6) is -0.579. The van der Waals surface area contributed by atoms with Crippen molar-refractivity contribution >= 4 is 21.7 Å². The van der Waals surface area contributed by atoms with Gasteiger partial charge in [-0.1, -0.05) is 0 Å². The zero-order valence-electron chi connectivity index (χ0n) is 12.1. The third-order valence-corrected chi connectivity index (χ3v) is 4.92. The molecule has 0 atom stereocenters. The Hall–Kier alpha value is -1.60. The van der Waals surface area contributed by atoms with Crippen molar-refractivity contribution in [3.63, 3.8) is 0 Å². The molecule has 0 saturated carbocycles. The van der Waals surface area contributed by atoms with Crippen LogP contribution < -0.4 is 5.73 Å². The summed E-state index contributed by atoms with van der Waals surface area (Å²) in [5.41, 5.74) is 7.30. The minimum Gasteiger partial charge on any atom is -0.465 e. The van der Waals surface area contributed by atoms with Gasteiger partial charge in [0, 0.05) is 12.7 Å². The molecule has 112 valence electrons. The molecule has 0 spiro atoms. The van der Waals surface area contributed by atoms with Crippen LogP contribution in [0.15, 0.2) is 17.0 Å². The number of carbonyl (C=O) groups is 1. The number of nitrogens with zero attached hydrogens (tertiary/aromatic N) is 1. The predicted octanol–water partition coefficient (Wildman–Crippen LogP) is 1.07. The summed E-state index contributed by atoms with van der Waals surface area (Å²) in [4.78, 5) is 11.6. The first-order chi connectivity index (χ1) is 9.20. The highest BCUT2D eigenvalue weighted by molar-refractivity contribution is 7.89. The number of anilines is 1. The van der Waals surface area contributed by atoms with E-state index in [4.69, 9.17) is 10.5 Å². The number of aryl methyl sites for hydroxylation is 2. The molecular formula is C13H20N2O4S. The van der Waals surface area contributed by atoms with E-state index >= 15 is 0 Å². The molecule has 0 fully saturated rings. The van der Waals surface area contributed by atoms with Gasteiger partial charge in [0.1, 0.15) is 6.54 Å². The van der Waals surface area contributed by atoms with Crippen molar-refractivity contribution in [3.05, 3.63) is 23.3 Å². The summed E-state index contributed by atoms with van der Waals surface area (Å²) in [5, 5.41) is 0. The van der Waals surface area contributed by atoms with Gasteiger partial charge in [-0.15, -0.1) is 0 Å². The van der Waals surface area contributed by atoms with E-state index in [-0.39, 0.29) is 18.0 Å². The molecule has 0 amide bonds. The van der Waals surface area contributed by atoms with Gasteiger partial charge in [0.2, 0.25) is 10.0 Å². The maximum Gasteiger partial charge on any atom is 0.321 e. The van der Waals surface area contributed by atoms with E-state index in [1.165, 1.54) is 7.05 Å². The van der Waals surface area contributed by atoms with Gasteiger partial charge in [-0.2, -0.15) is 4.31 Å². The van der Waals surface area contributed by atoms with Crippen molar-refractivity contribution in [2.45, 2.75) is 25.7 Å². The smallest absolute Gasteiger partial charge is 0.321 e. The van der Waals surface area contributed by atoms with Crippen LogP contribution in [0.3, 0.4) is 0 Å². The quantitative estimate of drug-likeness (QED) is 0.649. The van der Waals surface area contributed by atoms with Gasteiger partial charge < -0.3 is 10.5 Å². The minimum absolute atomic E-state index is 0.179. The maximum absolute atomic E-state index is 12.5. The van der Waals surface area contributed by atoms with Crippen LogP contribution >= 0.6 is 0 Å². The number of carbonyl (C=O) groups excluding carboxylic acids is 1. The molecule has 1 aromatic rings. The number of hydrogen-bond donors (Lipinski definition) is 1. The van der Waals surface area contributed by atoms with Gasteiger partial charge in [0.25, 0.3) is 0 Å². The number of esters is 1. The molecule has 0 aliphatic heterocycles. The molecule has 0 saturated heterocycles. The van der Waals surface area contributed by atoms with Crippen molar-refractivity contribution in [1.29, 1.82) is 0 Å². The van der Waals surface area contributed by atoms with Crippen molar-refractivity contribution in [2.75, 3.05) is 25.9 Å². The summed E-state index contributed by atoms with van der Waals surface area (Å²) < 4.78 is 30.7. The fourth-order valence-electron chi connectivity index (χ4n) is 2.02. The lowest BCUT2D eigenvalue weighted by molar-refractivity contribution is -0.143. The van der Waals surface area contributed by atoms with Crippen molar-refractivity contribution in [2.24, 2.45) is 0 Å². The van der Waals surface area contributed by atoms with E-state index in [0.29, 0.717) is 16.8 Å². The van der Waals surface area contributed by atoms with Crippen molar-refractivity contribution in [3.8, 4) is 0 Å². The van der Waals surface area contributed by atoms with Crippen molar-refractivity contribution in [1.82, 2.24) is 4.31 Å². The van der Waals surface area contributed by atoms with Gasteiger partial charge in [0.05, 0.1) is 11.5 Å². The number of nitrogens with two attached hydrogens (primary N) is 1. The van der Waals surface area contributed by atoms with Crippen LogP contribution in [0.4, 0.5) is 5.69 Å². The normalized spacial score (nSPS) is 11.7. The van der Waals surface area contributed by atoms with Gasteiger partial charge in [-0.25, -0.2) is 8.42 Å². The highest BCUT2D eigenvalue weighted by Crippen LogP contribution is 2.25. The molecule has 0 radical (unpaired) electrons. The molecule has 0 bridgehead atoms. The molecule has 0 unspecified atom stereocenters. The molecule has 20 heavy (non-hydrogen) atoms. The Morgan fingerprint density at radius 3 is 2.25 bits per heavy atom. The monoisotopic (exact) mass is 300 g/mol. The van der Waals surface area contributed by atoms with Crippen LogP contribution in [0.5, 0.6) is 0 Å². The lowest BCUT2D eigenvalue weighted by atomic mass is 10.1. The third-order valence-electron chi connectivity index (χ3n) is 2.81. The standard InChI is InChI=1S/C13H20N2O4S/c1-5-19-12(16)8-15(4)20(17,18)13-9(2)6-11(14)7-10(13)3/h6-7H,5,8,14H2,1-4H3. The molecule has 1 aromatic carbocycles. The Labute approximate surface area is 119 Å². The Bertz CT molecular complexity index is 588. The van der Waals surface area contributed by atoms with Crippen LogP contribution in [0, 0.1) is 13.8 Å². The number of likely N-dealkylation sites (N-methyl/N-ethyl adjacent to an activating group) is 1. The van der Waals surface area contributed by atoms with E-state index in [1.54, 1.807) is 32.9 Å². The third kappa shape index (κ3) is 3.49. The second kappa shape index (κ2) is 6.23. The number of benzene rings is 1.